The van der Waals surface area contributed by atoms with E-state index >= 15 is 0 Å². The van der Waals surface area contributed by atoms with Crippen molar-refractivity contribution in [1.29, 1.82) is 0 Å². The van der Waals surface area contributed by atoms with E-state index in [2.05, 4.69) is 11.9 Å². The number of carbonyl (C=O) groups is 1. The SMILES string of the molecule is C=CCNC(=O)COc1cc(C)c(S(=O)(=O)Cl)cc1C. The molecular weight excluding hydrogens is 302 g/mol. The summed E-state index contributed by atoms with van der Waals surface area (Å²) in [5.41, 5.74) is 1.05. The van der Waals surface area contributed by atoms with Crippen LogP contribution in [-0.2, 0) is 13.8 Å². The van der Waals surface area contributed by atoms with Crippen molar-refractivity contribution < 1.29 is 17.9 Å². The minimum absolute atomic E-state index is 0.0418. The molecule has 0 bridgehead atoms. The lowest BCUT2D eigenvalue weighted by molar-refractivity contribution is -0.122. The van der Waals surface area contributed by atoms with Gasteiger partial charge in [-0.3, -0.25) is 4.79 Å². The first-order chi connectivity index (χ1) is 9.25. The third kappa shape index (κ3) is 4.54. The maximum atomic E-state index is 11.4. The van der Waals surface area contributed by atoms with Crippen molar-refractivity contribution in [1.82, 2.24) is 5.32 Å². The maximum Gasteiger partial charge on any atom is 0.261 e. The van der Waals surface area contributed by atoms with Gasteiger partial charge in [0, 0.05) is 17.2 Å². The van der Waals surface area contributed by atoms with Crippen LogP contribution in [0.2, 0.25) is 0 Å². The third-order valence-corrected chi connectivity index (χ3v) is 4.00. The second-order valence-electron chi connectivity index (χ2n) is 4.20. The Bertz CT molecular complexity index is 626. The number of amides is 1. The monoisotopic (exact) mass is 317 g/mol. The Morgan fingerprint density at radius 3 is 2.60 bits per heavy atom. The summed E-state index contributed by atoms with van der Waals surface area (Å²) in [4.78, 5) is 11.4. The van der Waals surface area contributed by atoms with Crippen LogP contribution >= 0.6 is 10.7 Å². The standard InChI is InChI=1S/C13H16ClNO4S/c1-4-5-15-13(16)8-19-11-6-10(3)12(7-9(11)2)20(14,17)18/h4,6-7H,1,5,8H2,2-3H3,(H,15,16). The molecule has 1 N–H and O–H groups in total. The van der Waals surface area contributed by atoms with Crippen LogP contribution in [0.1, 0.15) is 11.1 Å². The number of carbonyl (C=O) groups excluding carboxylic acids is 1. The molecule has 1 amide bonds. The van der Waals surface area contributed by atoms with Crippen LogP contribution in [0, 0.1) is 13.8 Å². The van der Waals surface area contributed by atoms with Crippen LogP contribution in [0.25, 0.3) is 0 Å². The zero-order valence-corrected chi connectivity index (χ0v) is 12.8. The van der Waals surface area contributed by atoms with E-state index in [1.165, 1.54) is 6.07 Å². The first-order valence-electron chi connectivity index (χ1n) is 5.82. The Morgan fingerprint density at radius 2 is 2.05 bits per heavy atom. The number of aryl methyl sites for hydroxylation is 2. The van der Waals surface area contributed by atoms with E-state index in [1.54, 1.807) is 26.0 Å². The summed E-state index contributed by atoms with van der Waals surface area (Å²) in [5, 5.41) is 2.57. The fraction of sp³-hybridized carbons (Fsp3) is 0.308. The first-order valence-corrected chi connectivity index (χ1v) is 8.13. The van der Waals surface area contributed by atoms with Gasteiger partial charge in [0.05, 0.1) is 4.90 Å². The van der Waals surface area contributed by atoms with E-state index in [9.17, 15) is 13.2 Å². The lowest BCUT2D eigenvalue weighted by Crippen LogP contribution is -2.28. The minimum Gasteiger partial charge on any atom is -0.483 e. The number of benzene rings is 1. The molecule has 5 nitrogen and oxygen atoms in total. The van der Waals surface area contributed by atoms with E-state index in [0.29, 0.717) is 23.4 Å². The molecule has 0 heterocycles. The molecule has 0 saturated carbocycles. The van der Waals surface area contributed by atoms with Gasteiger partial charge in [-0.2, -0.15) is 0 Å². The second-order valence-corrected chi connectivity index (χ2v) is 6.74. The zero-order valence-electron chi connectivity index (χ0n) is 11.3. The van der Waals surface area contributed by atoms with Gasteiger partial charge in [0.15, 0.2) is 6.61 Å². The Labute approximate surface area is 123 Å². The molecule has 0 aromatic heterocycles. The molecule has 0 saturated heterocycles. The van der Waals surface area contributed by atoms with E-state index in [0.717, 1.165) is 0 Å². The molecule has 110 valence electrons. The van der Waals surface area contributed by atoms with Crippen molar-refractivity contribution >= 4 is 25.6 Å². The molecule has 1 rings (SSSR count). The van der Waals surface area contributed by atoms with Gasteiger partial charge < -0.3 is 10.1 Å². The number of rotatable bonds is 6. The summed E-state index contributed by atoms with van der Waals surface area (Å²) < 4.78 is 28.1. The Balaban J connectivity index is 2.86. The molecule has 0 aliphatic heterocycles. The summed E-state index contributed by atoms with van der Waals surface area (Å²) in [6.45, 7) is 6.99. The maximum absolute atomic E-state index is 11.4. The van der Waals surface area contributed by atoms with Gasteiger partial charge in [-0.25, -0.2) is 8.42 Å². The van der Waals surface area contributed by atoms with E-state index in [1.807, 2.05) is 0 Å². The number of hydrogen-bond donors (Lipinski definition) is 1. The average Bonchev–Trinajstić information content (AvgIpc) is 2.35. The Morgan fingerprint density at radius 1 is 1.40 bits per heavy atom. The van der Waals surface area contributed by atoms with Crippen molar-refractivity contribution in [3.05, 3.63) is 35.9 Å². The molecule has 1 aromatic rings. The van der Waals surface area contributed by atoms with E-state index < -0.39 is 9.05 Å². The normalized spacial score (nSPS) is 10.9. The molecule has 0 radical (unpaired) electrons. The molecule has 0 unspecified atom stereocenters. The van der Waals surface area contributed by atoms with E-state index in [4.69, 9.17) is 15.4 Å². The van der Waals surface area contributed by atoms with Crippen molar-refractivity contribution in [3.8, 4) is 5.75 Å². The van der Waals surface area contributed by atoms with Gasteiger partial charge in [0.25, 0.3) is 15.0 Å². The predicted octanol–water partition coefficient (Wildman–Crippen LogP) is 1.91. The summed E-state index contributed by atoms with van der Waals surface area (Å²) in [7, 11) is 1.54. The topological polar surface area (TPSA) is 72.5 Å². The average molecular weight is 318 g/mol. The van der Waals surface area contributed by atoms with Crippen LogP contribution in [0.15, 0.2) is 29.7 Å². The number of nitrogens with one attached hydrogen (secondary N) is 1. The highest BCUT2D eigenvalue weighted by atomic mass is 35.7. The van der Waals surface area contributed by atoms with Gasteiger partial charge in [-0.1, -0.05) is 6.08 Å². The van der Waals surface area contributed by atoms with Crippen molar-refractivity contribution in [3.63, 3.8) is 0 Å². The third-order valence-electron chi connectivity index (χ3n) is 2.54. The Kier molecular flexibility index (Phi) is 5.59. The molecule has 0 spiro atoms. The van der Waals surface area contributed by atoms with Crippen molar-refractivity contribution in [2.24, 2.45) is 0 Å². The number of halogens is 1. The van der Waals surface area contributed by atoms with Gasteiger partial charge in [-0.05, 0) is 37.1 Å². The predicted molar refractivity (Wildman–Crippen MR) is 77.7 cm³/mol. The fourth-order valence-electron chi connectivity index (χ4n) is 1.56. The fourth-order valence-corrected chi connectivity index (χ4v) is 2.82. The molecule has 0 atom stereocenters. The van der Waals surface area contributed by atoms with Crippen LogP contribution in [0.5, 0.6) is 5.75 Å². The highest BCUT2D eigenvalue weighted by molar-refractivity contribution is 8.13. The highest BCUT2D eigenvalue weighted by Gasteiger charge is 2.16. The van der Waals surface area contributed by atoms with Crippen LogP contribution in [-0.4, -0.2) is 27.5 Å². The van der Waals surface area contributed by atoms with Crippen LogP contribution < -0.4 is 10.1 Å². The van der Waals surface area contributed by atoms with Gasteiger partial charge in [-0.15, -0.1) is 6.58 Å². The Hall–Kier alpha value is -1.53. The summed E-state index contributed by atoms with van der Waals surface area (Å²) in [5.74, 6) is 0.163. The summed E-state index contributed by atoms with van der Waals surface area (Å²) >= 11 is 0. The molecular formula is C13H16ClNO4S. The summed E-state index contributed by atoms with van der Waals surface area (Å²) in [6, 6.07) is 2.97. The molecule has 0 aliphatic carbocycles. The highest BCUT2D eigenvalue weighted by Crippen LogP contribution is 2.27. The van der Waals surface area contributed by atoms with Gasteiger partial charge >= 0.3 is 0 Å². The smallest absolute Gasteiger partial charge is 0.261 e. The molecule has 0 fully saturated rings. The molecule has 1 aromatic carbocycles. The second kappa shape index (κ2) is 6.76. The quantitative estimate of drug-likeness (QED) is 0.642. The van der Waals surface area contributed by atoms with Gasteiger partial charge in [0.2, 0.25) is 0 Å². The van der Waals surface area contributed by atoms with Crippen LogP contribution in [0.4, 0.5) is 0 Å². The molecule has 0 aliphatic rings. The number of hydrogen-bond acceptors (Lipinski definition) is 4. The van der Waals surface area contributed by atoms with E-state index in [-0.39, 0.29) is 17.4 Å². The molecule has 7 heteroatoms. The zero-order chi connectivity index (χ0) is 15.3. The minimum atomic E-state index is -3.79. The van der Waals surface area contributed by atoms with Gasteiger partial charge in [0.1, 0.15) is 5.75 Å². The summed E-state index contributed by atoms with van der Waals surface area (Å²) in [6.07, 6.45) is 1.56. The first kappa shape index (κ1) is 16.5. The van der Waals surface area contributed by atoms with Crippen molar-refractivity contribution in [2.45, 2.75) is 18.7 Å². The lowest BCUT2D eigenvalue weighted by Gasteiger charge is -2.12. The lowest BCUT2D eigenvalue weighted by atomic mass is 10.1. The number of ether oxygens (including phenoxy) is 1. The van der Waals surface area contributed by atoms with Crippen molar-refractivity contribution in [2.75, 3.05) is 13.2 Å². The van der Waals surface area contributed by atoms with Crippen LogP contribution in [0.3, 0.4) is 0 Å². The molecule has 20 heavy (non-hydrogen) atoms. The largest absolute Gasteiger partial charge is 0.483 e.